The van der Waals surface area contributed by atoms with Gasteiger partial charge in [-0.2, -0.15) is 0 Å². The van der Waals surface area contributed by atoms with Crippen LogP contribution in [0.15, 0.2) is 54.6 Å². The van der Waals surface area contributed by atoms with E-state index in [0.717, 1.165) is 38.6 Å². The van der Waals surface area contributed by atoms with Crippen LogP contribution in [0.2, 0.25) is 0 Å². The second kappa shape index (κ2) is 10.8. The third-order valence-electron chi connectivity index (χ3n) is 5.66. The van der Waals surface area contributed by atoms with Gasteiger partial charge in [-0.1, -0.05) is 81.3 Å². The van der Waals surface area contributed by atoms with E-state index in [9.17, 15) is 4.79 Å². The largest absolute Gasteiger partial charge is 0.460 e. The molecule has 1 aliphatic carbocycles. The Morgan fingerprint density at radius 3 is 2.45 bits per heavy atom. The Hall–Kier alpha value is -1.87. The fourth-order valence-corrected chi connectivity index (χ4v) is 4.15. The molecule has 0 heterocycles. The van der Waals surface area contributed by atoms with Gasteiger partial charge < -0.3 is 4.74 Å². The average molecular weight is 398 g/mol. The average Bonchev–Trinajstić information content (AvgIpc) is 2.69. The van der Waals surface area contributed by atoms with Crippen LogP contribution < -0.4 is 0 Å². The summed E-state index contributed by atoms with van der Waals surface area (Å²) in [7, 11) is 0. The molecule has 0 aliphatic heterocycles. The molecular weight excluding hydrogens is 358 g/mol. The molecule has 1 aromatic carbocycles. The highest BCUT2D eigenvalue weighted by atomic mass is 16.6. The lowest BCUT2D eigenvalue weighted by molar-refractivity contribution is -0.157. The smallest absolute Gasteiger partial charge is 0.307 e. The van der Waals surface area contributed by atoms with Crippen LogP contribution in [-0.4, -0.2) is 28.1 Å². The summed E-state index contributed by atoms with van der Waals surface area (Å²) in [5.41, 5.74) is 0.770. The van der Waals surface area contributed by atoms with Crippen molar-refractivity contribution in [3.8, 4) is 0 Å². The normalized spacial score (nSPS) is 20.1. The Bertz CT molecular complexity index is 686. The predicted molar refractivity (Wildman–Crippen MR) is 122 cm³/mol. The molecule has 0 spiro atoms. The van der Waals surface area contributed by atoms with Crippen LogP contribution in [0.25, 0.3) is 0 Å². The van der Waals surface area contributed by atoms with Crippen molar-refractivity contribution in [2.75, 3.05) is 0 Å². The van der Waals surface area contributed by atoms with Crippen molar-refractivity contribution in [1.29, 1.82) is 0 Å². The van der Waals surface area contributed by atoms with Crippen LogP contribution in [0.3, 0.4) is 0 Å². The number of carbonyl (C=O) groups excluding carboxylic acids is 1. The standard InChI is InChI=1S/C26H39NO2/c1-6-8-17-23(20-24(28)29-25(3,4)5)27(21-22-15-11-9-12-16-22)26(7-2)18-13-10-14-19-26/h9-16,18,23H,6-8,17,19-21H2,1-5H3/t23?,26-/m1/s1. The van der Waals surface area contributed by atoms with Crippen molar-refractivity contribution in [2.24, 2.45) is 0 Å². The molecule has 0 saturated carbocycles. The van der Waals surface area contributed by atoms with Crippen LogP contribution in [-0.2, 0) is 16.1 Å². The predicted octanol–water partition coefficient (Wildman–Crippen LogP) is 6.44. The van der Waals surface area contributed by atoms with Crippen LogP contribution in [0.5, 0.6) is 0 Å². The lowest BCUT2D eigenvalue weighted by atomic mass is 9.83. The zero-order valence-corrected chi connectivity index (χ0v) is 19.0. The third-order valence-corrected chi connectivity index (χ3v) is 5.66. The quantitative estimate of drug-likeness (QED) is 0.425. The van der Waals surface area contributed by atoms with Crippen LogP contribution in [0.1, 0.15) is 78.7 Å². The minimum absolute atomic E-state index is 0.0645. The molecule has 2 atom stereocenters. The van der Waals surface area contributed by atoms with Gasteiger partial charge in [0.15, 0.2) is 0 Å². The molecule has 0 aromatic heterocycles. The first-order valence-electron chi connectivity index (χ1n) is 11.2. The van der Waals surface area contributed by atoms with E-state index in [1.54, 1.807) is 0 Å². The number of ether oxygens (including phenoxy) is 1. The van der Waals surface area contributed by atoms with E-state index < -0.39 is 5.60 Å². The van der Waals surface area contributed by atoms with E-state index in [0.29, 0.717) is 6.42 Å². The Morgan fingerprint density at radius 2 is 1.90 bits per heavy atom. The van der Waals surface area contributed by atoms with Crippen molar-refractivity contribution in [1.82, 2.24) is 4.90 Å². The minimum Gasteiger partial charge on any atom is -0.460 e. The molecule has 1 aromatic rings. The van der Waals surface area contributed by atoms with Gasteiger partial charge in [0.1, 0.15) is 5.60 Å². The molecule has 0 radical (unpaired) electrons. The molecule has 1 aliphatic rings. The lowest BCUT2D eigenvalue weighted by Gasteiger charge is -2.47. The van der Waals surface area contributed by atoms with Crippen LogP contribution >= 0.6 is 0 Å². The highest BCUT2D eigenvalue weighted by molar-refractivity contribution is 5.70. The summed E-state index contributed by atoms with van der Waals surface area (Å²) in [6, 6.07) is 10.8. The molecule has 29 heavy (non-hydrogen) atoms. The maximum absolute atomic E-state index is 12.8. The van der Waals surface area contributed by atoms with Gasteiger partial charge in [0.2, 0.25) is 0 Å². The van der Waals surface area contributed by atoms with E-state index >= 15 is 0 Å². The van der Waals surface area contributed by atoms with Gasteiger partial charge >= 0.3 is 5.97 Å². The summed E-state index contributed by atoms with van der Waals surface area (Å²) in [5, 5.41) is 0. The number of hydrogen-bond acceptors (Lipinski definition) is 3. The summed E-state index contributed by atoms with van der Waals surface area (Å²) in [6.45, 7) is 11.1. The van der Waals surface area contributed by atoms with E-state index in [1.165, 1.54) is 5.56 Å². The van der Waals surface area contributed by atoms with Crippen molar-refractivity contribution in [3.05, 3.63) is 60.2 Å². The van der Waals surface area contributed by atoms with Crippen molar-refractivity contribution >= 4 is 5.97 Å². The Labute approximate surface area is 177 Å². The van der Waals surface area contributed by atoms with Crippen molar-refractivity contribution in [3.63, 3.8) is 0 Å². The van der Waals surface area contributed by atoms with E-state index in [1.807, 2.05) is 20.8 Å². The fraction of sp³-hybridized carbons (Fsp3) is 0.577. The monoisotopic (exact) mass is 397 g/mol. The van der Waals surface area contributed by atoms with Gasteiger partial charge in [0.25, 0.3) is 0 Å². The van der Waals surface area contributed by atoms with Gasteiger partial charge in [0.05, 0.1) is 6.42 Å². The molecular formula is C26H39NO2. The molecule has 1 unspecified atom stereocenters. The SMILES string of the molecule is CCCCC(CC(=O)OC(C)(C)C)N(Cc1ccccc1)[C@]1(CC)C=CC=CC1. The molecule has 0 fully saturated rings. The summed E-state index contributed by atoms with van der Waals surface area (Å²) >= 11 is 0. The highest BCUT2D eigenvalue weighted by Crippen LogP contribution is 2.35. The van der Waals surface area contributed by atoms with E-state index in [4.69, 9.17) is 4.74 Å². The summed E-state index contributed by atoms with van der Waals surface area (Å²) in [4.78, 5) is 15.4. The maximum atomic E-state index is 12.8. The number of carbonyl (C=O) groups is 1. The van der Waals surface area contributed by atoms with Gasteiger partial charge in [0, 0.05) is 18.1 Å². The zero-order chi connectivity index (χ0) is 21.3. The first-order valence-corrected chi connectivity index (χ1v) is 11.2. The molecule has 3 heteroatoms. The Balaban J connectivity index is 2.35. The van der Waals surface area contributed by atoms with Gasteiger partial charge in [-0.3, -0.25) is 9.69 Å². The van der Waals surface area contributed by atoms with Gasteiger partial charge in [-0.25, -0.2) is 0 Å². The Morgan fingerprint density at radius 1 is 1.17 bits per heavy atom. The highest BCUT2D eigenvalue weighted by Gasteiger charge is 2.38. The Kier molecular flexibility index (Phi) is 8.70. The number of benzene rings is 1. The van der Waals surface area contributed by atoms with Crippen molar-refractivity contribution < 1.29 is 9.53 Å². The molecule has 160 valence electrons. The number of rotatable bonds is 10. The molecule has 0 bridgehead atoms. The number of unbranched alkanes of at least 4 members (excludes halogenated alkanes) is 1. The summed E-state index contributed by atoms with van der Waals surface area (Å²) in [6.07, 6.45) is 14.5. The second-order valence-electron chi connectivity index (χ2n) is 9.15. The summed E-state index contributed by atoms with van der Waals surface area (Å²) < 4.78 is 5.70. The third kappa shape index (κ3) is 7.15. The van der Waals surface area contributed by atoms with Crippen LogP contribution in [0, 0.1) is 0 Å². The first kappa shape index (κ1) is 23.4. The lowest BCUT2D eigenvalue weighted by Crippen LogP contribution is -2.53. The van der Waals surface area contributed by atoms with Gasteiger partial charge in [-0.15, -0.1) is 0 Å². The topological polar surface area (TPSA) is 29.5 Å². The van der Waals surface area contributed by atoms with Crippen molar-refractivity contribution in [2.45, 2.75) is 96.9 Å². The minimum atomic E-state index is -0.452. The maximum Gasteiger partial charge on any atom is 0.307 e. The second-order valence-corrected chi connectivity index (χ2v) is 9.15. The number of nitrogens with zero attached hydrogens (tertiary/aromatic N) is 1. The number of esters is 1. The first-order chi connectivity index (χ1) is 13.8. The molecule has 2 rings (SSSR count). The van der Waals surface area contributed by atoms with Crippen LogP contribution in [0.4, 0.5) is 0 Å². The molecule has 0 N–H and O–H groups in total. The molecule has 0 saturated heterocycles. The van der Waals surface area contributed by atoms with E-state index in [-0.39, 0.29) is 17.6 Å². The number of allylic oxidation sites excluding steroid dienone is 2. The molecule has 0 amide bonds. The zero-order valence-electron chi connectivity index (χ0n) is 19.0. The van der Waals surface area contributed by atoms with Gasteiger partial charge in [-0.05, 0) is 45.6 Å². The molecule has 3 nitrogen and oxygen atoms in total. The number of hydrogen-bond donors (Lipinski definition) is 0. The summed E-state index contributed by atoms with van der Waals surface area (Å²) in [5.74, 6) is -0.0988. The van der Waals surface area contributed by atoms with E-state index in [2.05, 4.69) is 73.4 Å². The fourth-order valence-electron chi connectivity index (χ4n) is 4.15.